The molecule has 1 fully saturated rings. The minimum atomic E-state index is -0.510. The lowest BCUT2D eigenvalue weighted by atomic mass is 9.97. The zero-order valence-corrected chi connectivity index (χ0v) is 15.0. The van der Waals surface area contributed by atoms with E-state index in [0.717, 1.165) is 12.8 Å². The van der Waals surface area contributed by atoms with Gasteiger partial charge in [0.05, 0.1) is 5.69 Å². The Morgan fingerprint density at radius 3 is 2.56 bits per heavy atom. The molecule has 25 heavy (non-hydrogen) atoms. The van der Waals surface area contributed by atoms with Crippen molar-refractivity contribution in [1.82, 2.24) is 5.32 Å². The Kier molecular flexibility index (Phi) is 5.95. The molecule has 1 N–H and O–H groups in total. The summed E-state index contributed by atoms with van der Waals surface area (Å²) in [7, 11) is 0. The van der Waals surface area contributed by atoms with Crippen LogP contribution in [0.2, 0.25) is 0 Å². The van der Waals surface area contributed by atoms with Crippen LogP contribution >= 0.6 is 0 Å². The largest absolute Gasteiger partial charge is 0.478 e. The maximum absolute atomic E-state index is 12.7. The molecule has 1 unspecified atom stereocenters. The van der Waals surface area contributed by atoms with Crippen LogP contribution in [0.5, 0.6) is 5.75 Å². The number of fused-ring (bicyclic) bond motifs is 1. The molecule has 1 atom stereocenters. The molecule has 5 heteroatoms. The molecule has 0 spiro atoms. The highest BCUT2D eigenvalue weighted by Crippen LogP contribution is 2.34. The van der Waals surface area contributed by atoms with Gasteiger partial charge in [0.25, 0.3) is 5.91 Å². The lowest BCUT2D eigenvalue weighted by Crippen LogP contribution is -2.50. The van der Waals surface area contributed by atoms with Crippen LogP contribution in [0, 0.1) is 0 Å². The summed E-state index contributed by atoms with van der Waals surface area (Å²) in [5, 5.41) is 3.14. The Balaban J connectivity index is 1.67. The van der Waals surface area contributed by atoms with Crippen LogP contribution in [0.15, 0.2) is 24.3 Å². The minimum absolute atomic E-state index is 0.0617. The lowest BCUT2D eigenvalue weighted by molar-refractivity contribution is -0.129. The predicted octanol–water partition coefficient (Wildman–Crippen LogP) is 3.42. The van der Waals surface area contributed by atoms with Gasteiger partial charge in [0.2, 0.25) is 5.91 Å². The van der Waals surface area contributed by atoms with E-state index in [9.17, 15) is 9.59 Å². The van der Waals surface area contributed by atoms with Crippen LogP contribution in [0.1, 0.15) is 58.3 Å². The van der Waals surface area contributed by atoms with E-state index in [-0.39, 0.29) is 24.4 Å². The van der Waals surface area contributed by atoms with Gasteiger partial charge in [0.15, 0.2) is 6.10 Å². The standard InChI is InChI=1S/C20H28N2O3/c1-2-17-20(24)22(16-12-8-9-13-18(16)25-17)14-19(23)21-15-10-6-4-3-5-7-11-15/h8-9,12-13,15,17H,2-7,10-11,14H2,1H3,(H,21,23). The molecule has 1 aromatic rings. The predicted molar refractivity (Wildman–Crippen MR) is 97.8 cm³/mol. The molecular weight excluding hydrogens is 316 g/mol. The van der Waals surface area contributed by atoms with Crippen molar-refractivity contribution in [2.45, 2.75) is 70.4 Å². The number of nitrogens with zero attached hydrogens (tertiary/aromatic N) is 1. The highest BCUT2D eigenvalue weighted by Gasteiger charge is 2.34. The summed E-state index contributed by atoms with van der Waals surface area (Å²) in [6.07, 6.45) is 8.30. The maximum Gasteiger partial charge on any atom is 0.268 e. The molecule has 1 aliphatic carbocycles. The van der Waals surface area contributed by atoms with Gasteiger partial charge in [-0.2, -0.15) is 0 Å². The van der Waals surface area contributed by atoms with Crippen LogP contribution in [-0.2, 0) is 9.59 Å². The Bertz CT molecular complexity index is 609. The summed E-state index contributed by atoms with van der Waals surface area (Å²) >= 11 is 0. The van der Waals surface area contributed by atoms with E-state index in [0.29, 0.717) is 17.9 Å². The zero-order chi connectivity index (χ0) is 17.6. The van der Waals surface area contributed by atoms with Crippen molar-refractivity contribution in [2.75, 3.05) is 11.4 Å². The van der Waals surface area contributed by atoms with E-state index in [1.54, 1.807) is 4.90 Å². The quantitative estimate of drug-likeness (QED) is 0.910. The van der Waals surface area contributed by atoms with Gasteiger partial charge in [-0.05, 0) is 31.4 Å². The molecule has 0 saturated heterocycles. The lowest BCUT2D eigenvalue weighted by Gasteiger charge is -2.34. The van der Waals surface area contributed by atoms with Gasteiger partial charge >= 0.3 is 0 Å². The number of hydrogen-bond acceptors (Lipinski definition) is 3. The second kappa shape index (κ2) is 8.37. The fourth-order valence-corrected chi connectivity index (χ4v) is 3.71. The SMILES string of the molecule is CCC1Oc2ccccc2N(CC(=O)NC2CCCCCCC2)C1=O. The van der Waals surface area contributed by atoms with Crippen molar-refractivity contribution in [3.8, 4) is 5.75 Å². The zero-order valence-electron chi connectivity index (χ0n) is 15.0. The molecule has 0 aromatic heterocycles. The minimum Gasteiger partial charge on any atom is -0.478 e. The van der Waals surface area contributed by atoms with Crippen LogP contribution in [0.25, 0.3) is 0 Å². The first-order chi connectivity index (χ1) is 12.2. The number of nitrogens with one attached hydrogen (secondary N) is 1. The molecule has 136 valence electrons. The van der Waals surface area contributed by atoms with Crippen LogP contribution in [0.4, 0.5) is 5.69 Å². The van der Waals surface area contributed by atoms with Gasteiger partial charge in [-0.15, -0.1) is 0 Å². The highest BCUT2D eigenvalue weighted by molar-refractivity contribution is 6.03. The number of benzene rings is 1. The Morgan fingerprint density at radius 1 is 1.16 bits per heavy atom. The molecule has 1 aliphatic heterocycles. The number of amides is 2. The summed E-state index contributed by atoms with van der Waals surface area (Å²) < 4.78 is 5.76. The van der Waals surface area contributed by atoms with E-state index in [2.05, 4.69) is 5.32 Å². The van der Waals surface area contributed by atoms with E-state index >= 15 is 0 Å². The van der Waals surface area contributed by atoms with Crippen LogP contribution in [-0.4, -0.2) is 30.5 Å². The molecule has 1 saturated carbocycles. The number of anilines is 1. The van der Waals surface area contributed by atoms with Crippen molar-refractivity contribution in [3.05, 3.63) is 24.3 Å². The smallest absolute Gasteiger partial charge is 0.268 e. The first kappa shape index (κ1) is 17.8. The third-order valence-corrected chi connectivity index (χ3v) is 5.11. The van der Waals surface area contributed by atoms with Crippen molar-refractivity contribution in [2.24, 2.45) is 0 Å². The topological polar surface area (TPSA) is 58.6 Å². The molecule has 2 amide bonds. The van der Waals surface area contributed by atoms with Gasteiger partial charge in [0, 0.05) is 6.04 Å². The molecule has 0 radical (unpaired) electrons. The third-order valence-electron chi connectivity index (χ3n) is 5.11. The van der Waals surface area contributed by atoms with E-state index in [1.807, 2.05) is 31.2 Å². The first-order valence-electron chi connectivity index (χ1n) is 9.55. The third kappa shape index (κ3) is 4.33. The molecule has 0 bridgehead atoms. The van der Waals surface area contributed by atoms with Gasteiger partial charge in [-0.3, -0.25) is 14.5 Å². The summed E-state index contributed by atoms with van der Waals surface area (Å²) in [6.45, 7) is 1.98. The number of carbonyl (C=O) groups is 2. The Hall–Kier alpha value is -2.04. The van der Waals surface area contributed by atoms with Gasteiger partial charge in [0.1, 0.15) is 12.3 Å². The normalized spacial score (nSPS) is 21.7. The summed E-state index contributed by atoms with van der Waals surface area (Å²) in [5.74, 6) is 0.465. The van der Waals surface area contributed by atoms with Gasteiger partial charge in [-0.1, -0.05) is 51.2 Å². The van der Waals surface area contributed by atoms with Crippen molar-refractivity contribution in [3.63, 3.8) is 0 Å². The van der Waals surface area contributed by atoms with E-state index in [1.165, 1.54) is 32.1 Å². The van der Waals surface area contributed by atoms with Crippen LogP contribution in [0.3, 0.4) is 0 Å². The Labute approximate surface area is 149 Å². The number of ether oxygens (including phenoxy) is 1. The molecule has 1 heterocycles. The second-order valence-electron chi connectivity index (χ2n) is 7.02. The maximum atomic E-state index is 12.7. The van der Waals surface area contributed by atoms with Crippen molar-refractivity contribution >= 4 is 17.5 Å². The van der Waals surface area contributed by atoms with Gasteiger partial charge in [-0.25, -0.2) is 0 Å². The average molecular weight is 344 g/mol. The van der Waals surface area contributed by atoms with Gasteiger partial charge < -0.3 is 10.1 Å². The average Bonchev–Trinajstić information content (AvgIpc) is 2.59. The second-order valence-corrected chi connectivity index (χ2v) is 7.02. The molecule has 5 nitrogen and oxygen atoms in total. The fraction of sp³-hybridized carbons (Fsp3) is 0.600. The summed E-state index contributed by atoms with van der Waals surface area (Å²) in [5.41, 5.74) is 0.685. The van der Waals surface area contributed by atoms with E-state index in [4.69, 9.17) is 4.74 Å². The summed E-state index contributed by atoms with van der Waals surface area (Å²) in [4.78, 5) is 26.8. The Morgan fingerprint density at radius 2 is 1.84 bits per heavy atom. The van der Waals surface area contributed by atoms with Crippen molar-refractivity contribution in [1.29, 1.82) is 0 Å². The number of carbonyl (C=O) groups excluding carboxylic acids is 2. The molecule has 3 rings (SSSR count). The number of rotatable bonds is 4. The van der Waals surface area contributed by atoms with Crippen molar-refractivity contribution < 1.29 is 14.3 Å². The van der Waals surface area contributed by atoms with Crippen LogP contribution < -0.4 is 15.0 Å². The fourth-order valence-electron chi connectivity index (χ4n) is 3.71. The molecular formula is C20H28N2O3. The number of para-hydroxylation sites is 2. The number of hydrogen-bond donors (Lipinski definition) is 1. The van der Waals surface area contributed by atoms with E-state index < -0.39 is 6.10 Å². The molecule has 1 aromatic carbocycles. The highest BCUT2D eigenvalue weighted by atomic mass is 16.5. The first-order valence-corrected chi connectivity index (χ1v) is 9.55. The summed E-state index contributed by atoms with van der Waals surface area (Å²) in [6, 6.07) is 7.67. The molecule has 2 aliphatic rings. The monoisotopic (exact) mass is 344 g/mol.